The fourth-order valence-electron chi connectivity index (χ4n) is 3.05. The zero-order valence-electron chi connectivity index (χ0n) is 15.4. The monoisotopic (exact) mass is 388 g/mol. The lowest BCUT2D eigenvalue weighted by Gasteiger charge is -2.10. The fraction of sp³-hybridized carbons (Fsp3) is 0.238. The molecule has 7 heteroatoms. The maximum Gasteiger partial charge on any atom is 0.416 e. The Kier molecular flexibility index (Phi) is 5.27. The third kappa shape index (κ3) is 4.08. The van der Waals surface area contributed by atoms with E-state index in [4.69, 9.17) is 0 Å². The number of amides is 1. The van der Waals surface area contributed by atoms with Gasteiger partial charge in [-0.3, -0.25) is 9.59 Å². The van der Waals surface area contributed by atoms with Crippen molar-refractivity contribution in [1.29, 1.82) is 0 Å². The van der Waals surface area contributed by atoms with Crippen molar-refractivity contribution in [3.8, 4) is 0 Å². The molecule has 0 saturated heterocycles. The molecule has 0 atom stereocenters. The van der Waals surface area contributed by atoms with Gasteiger partial charge >= 0.3 is 6.18 Å². The van der Waals surface area contributed by atoms with E-state index in [9.17, 15) is 22.8 Å². The number of benzene rings is 2. The van der Waals surface area contributed by atoms with E-state index in [1.807, 2.05) is 26.0 Å². The van der Waals surface area contributed by atoms with E-state index in [2.05, 4.69) is 10.3 Å². The van der Waals surface area contributed by atoms with Gasteiger partial charge in [-0.1, -0.05) is 18.2 Å². The molecule has 4 nitrogen and oxygen atoms in total. The first-order chi connectivity index (χ1) is 13.2. The van der Waals surface area contributed by atoms with Crippen molar-refractivity contribution in [3.05, 3.63) is 80.6 Å². The number of fused-ring (bicyclic) bond motifs is 1. The molecule has 0 unspecified atom stereocenters. The highest BCUT2D eigenvalue weighted by Gasteiger charge is 2.30. The first kappa shape index (κ1) is 19.7. The normalized spacial score (nSPS) is 11.6. The van der Waals surface area contributed by atoms with E-state index < -0.39 is 17.6 Å². The molecule has 28 heavy (non-hydrogen) atoms. The van der Waals surface area contributed by atoms with Crippen LogP contribution in [0, 0.1) is 13.8 Å². The molecule has 146 valence electrons. The number of halogens is 3. The Morgan fingerprint density at radius 1 is 1.07 bits per heavy atom. The molecule has 0 aliphatic rings. The molecule has 1 heterocycles. The molecular weight excluding hydrogens is 369 g/mol. The lowest BCUT2D eigenvalue weighted by atomic mass is 10.0. The minimum absolute atomic E-state index is 0.0753. The fourth-order valence-corrected chi connectivity index (χ4v) is 3.05. The highest BCUT2D eigenvalue weighted by atomic mass is 19.4. The number of carbonyl (C=O) groups is 1. The van der Waals surface area contributed by atoms with Crippen LogP contribution in [-0.4, -0.2) is 17.4 Å². The van der Waals surface area contributed by atoms with Gasteiger partial charge in [-0.2, -0.15) is 13.2 Å². The van der Waals surface area contributed by atoms with Crippen LogP contribution >= 0.6 is 0 Å². The van der Waals surface area contributed by atoms with E-state index in [1.54, 1.807) is 6.07 Å². The molecule has 3 aromatic rings. The van der Waals surface area contributed by atoms with E-state index >= 15 is 0 Å². The molecule has 0 fully saturated rings. The van der Waals surface area contributed by atoms with Gasteiger partial charge in [-0.25, -0.2) is 0 Å². The summed E-state index contributed by atoms with van der Waals surface area (Å²) in [5, 5.41) is 3.50. The predicted octanol–water partition coefficient (Wildman–Crippen LogP) is 4.14. The summed E-state index contributed by atoms with van der Waals surface area (Å²) in [6.07, 6.45) is -4.24. The van der Waals surface area contributed by atoms with Crippen LogP contribution in [0.3, 0.4) is 0 Å². The second-order valence-corrected chi connectivity index (χ2v) is 6.70. The van der Waals surface area contributed by atoms with E-state index in [1.165, 1.54) is 12.1 Å². The Bertz CT molecular complexity index is 1100. The summed E-state index contributed by atoms with van der Waals surface area (Å²) >= 11 is 0. The number of H-pyrrole nitrogens is 1. The lowest BCUT2D eigenvalue weighted by Crippen LogP contribution is -2.27. The number of pyridine rings is 1. The predicted molar refractivity (Wildman–Crippen MR) is 102 cm³/mol. The molecule has 2 aromatic carbocycles. The maximum absolute atomic E-state index is 12.8. The summed E-state index contributed by atoms with van der Waals surface area (Å²) in [5.41, 5.74) is 2.07. The van der Waals surface area contributed by atoms with Gasteiger partial charge in [0.25, 0.3) is 11.5 Å². The first-order valence-corrected chi connectivity index (χ1v) is 8.74. The van der Waals surface area contributed by atoms with Crippen LogP contribution in [0.25, 0.3) is 10.9 Å². The van der Waals surface area contributed by atoms with Gasteiger partial charge in [-0.05, 0) is 55.7 Å². The second kappa shape index (κ2) is 7.50. The quantitative estimate of drug-likeness (QED) is 0.706. The average Bonchev–Trinajstić information content (AvgIpc) is 2.65. The minimum atomic E-state index is -4.51. The van der Waals surface area contributed by atoms with Gasteiger partial charge in [0.1, 0.15) is 0 Å². The summed E-state index contributed by atoms with van der Waals surface area (Å²) in [6.45, 7) is 3.99. The molecule has 1 amide bonds. The molecule has 3 rings (SSSR count). The summed E-state index contributed by atoms with van der Waals surface area (Å²) in [7, 11) is 0. The maximum atomic E-state index is 12.8. The molecule has 2 N–H and O–H groups in total. The Morgan fingerprint density at radius 3 is 2.50 bits per heavy atom. The van der Waals surface area contributed by atoms with Crippen molar-refractivity contribution >= 4 is 16.8 Å². The van der Waals surface area contributed by atoms with Crippen molar-refractivity contribution in [2.24, 2.45) is 0 Å². The zero-order valence-corrected chi connectivity index (χ0v) is 15.4. The van der Waals surface area contributed by atoms with Gasteiger partial charge < -0.3 is 10.3 Å². The van der Waals surface area contributed by atoms with Crippen LogP contribution < -0.4 is 10.9 Å². The van der Waals surface area contributed by atoms with Crippen molar-refractivity contribution in [3.63, 3.8) is 0 Å². The largest absolute Gasteiger partial charge is 0.416 e. The molecule has 0 bridgehead atoms. The topological polar surface area (TPSA) is 62.0 Å². The van der Waals surface area contributed by atoms with Crippen molar-refractivity contribution in [1.82, 2.24) is 10.3 Å². The van der Waals surface area contributed by atoms with Gasteiger partial charge in [-0.15, -0.1) is 0 Å². The molecule has 0 spiro atoms. The van der Waals surface area contributed by atoms with Crippen LogP contribution in [-0.2, 0) is 12.6 Å². The van der Waals surface area contributed by atoms with Crippen molar-refractivity contribution in [2.45, 2.75) is 26.4 Å². The van der Waals surface area contributed by atoms with Gasteiger partial charge in [0.15, 0.2) is 0 Å². The van der Waals surface area contributed by atoms with E-state index in [-0.39, 0.29) is 24.1 Å². The molecule has 0 aliphatic carbocycles. The van der Waals surface area contributed by atoms with Gasteiger partial charge in [0.05, 0.1) is 11.1 Å². The molecule has 1 aromatic heterocycles. The highest BCUT2D eigenvalue weighted by Crippen LogP contribution is 2.29. The third-order valence-corrected chi connectivity index (χ3v) is 4.65. The number of nitrogens with one attached hydrogen (secondary N) is 2. The number of alkyl halides is 3. The lowest BCUT2D eigenvalue weighted by molar-refractivity contribution is -0.137. The number of rotatable bonds is 4. The van der Waals surface area contributed by atoms with Gasteiger partial charge in [0.2, 0.25) is 0 Å². The van der Waals surface area contributed by atoms with Crippen molar-refractivity contribution < 1.29 is 18.0 Å². The summed E-state index contributed by atoms with van der Waals surface area (Å²) in [5.74, 6) is -0.615. The number of carbonyl (C=O) groups excluding carboxylic acids is 1. The number of hydrogen-bond acceptors (Lipinski definition) is 2. The Balaban J connectivity index is 1.73. The van der Waals surface area contributed by atoms with Crippen LogP contribution in [0.4, 0.5) is 13.2 Å². The van der Waals surface area contributed by atoms with E-state index in [0.29, 0.717) is 5.56 Å². The van der Waals surface area contributed by atoms with Crippen LogP contribution in [0.2, 0.25) is 0 Å². The van der Waals surface area contributed by atoms with E-state index in [0.717, 1.165) is 34.2 Å². The number of aryl methyl sites for hydroxylation is 2. The Morgan fingerprint density at radius 2 is 1.79 bits per heavy atom. The average molecular weight is 388 g/mol. The SMILES string of the molecule is Cc1ccc(C)c2[nH]c(=O)c(CCNC(=O)c3cccc(C(F)(F)F)c3)cc12. The number of aromatic amines is 1. The minimum Gasteiger partial charge on any atom is -0.352 e. The van der Waals surface area contributed by atoms with Crippen molar-refractivity contribution in [2.75, 3.05) is 6.54 Å². The molecule has 0 saturated carbocycles. The van der Waals surface area contributed by atoms with Gasteiger partial charge in [0, 0.05) is 23.1 Å². The Hall–Kier alpha value is -3.09. The number of hydrogen-bond donors (Lipinski definition) is 2. The smallest absolute Gasteiger partial charge is 0.352 e. The highest BCUT2D eigenvalue weighted by molar-refractivity contribution is 5.94. The summed E-state index contributed by atoms with van der Waals surface area (Å²) in [6, 6.07) is 9.93. The Labute approximate surface area is 159 Å². The van der Waals surface area contributed by atoms with Crippen LogP contribution in [0.5, 0.6) is 0 Å². The second-order valence-electron chi connectivity index (χ2n) is 6.70. The third-order valence-electron chi connectivity index (χ3n) is 4.65. The summed E-state index contributed by atoms with van der Waals surface area (Å²) < 4.78 is 38.3. The zero-order chi connectivity index (χ0) is 20.5. The first-order valence-electron chi connectivity index (χ1n) is 8.74. The molecular formula is C21H19F3N2O2. The van der Waals surface area contributed by atoms with Crippen LogP contribution in [0.1, 0.15) is 32.6 Å². The van der Waals surface area contributed by atoms with Crippen LogP contribution in [0.15, 0.2) is 47.3 Å². The molecule has 0 radical (unpaired) electrons. The number of aromatic nitrogens is 1. The summed E-state index contributed by atoms with van der Waals surface area (Å²) in [4.78, 5) is 27.3. The standard InChI is InChI=1S/C21H19F3N2O2/c1-12-6-7-13(2)18-17(12)11-15(20(28)26-18)8-9-25-19(27)14-4-3-5-16(10-14)21(22,23)24/h3-7,10-11H,8-9H2,1-2H3,(H,25,27)(H,26,28). The molecule has 0 aliphatic heterocycles.